The van der Waals surface area contributed by atoms with Gasteiger partial charge in [0.2, 0.25) is 0 Å². The SMILES string of the molecule is CC(C)(C)OC(=O)Nc1sc2nc(C(F)(F)F)ccc2c1C(=O)N1CCC(N2CCCC3(C2)C(=O)N2CCCCCN2C3=O)CC1. The topological polar surface area (TPSA) is 115 Å². The second-order valence-corrected chi connectivity index (χ2v) is 14.6. The second-order valence-electron chi connectivity index (χ2n) is 13.6. The highest BCUT2D eigenvalue weighted by molar-refractivity contribution is 7.23. The van der Waals surface area contributed by atoms with Crippen molar-refractivity contribution in [2.75, 3.05) is 44.6 Å². The van der Waals surface area contributed by atoms with Crippen LogP contribution in [0.15, 0.2) is 12.1 Å². The van der Waals surface area contributed by atoms with E-state index in [1.807, 2.05) is 0 Å². The summed E-state index contributed by atoms with van der Waals surface area (Å²) in [6.07, 6.45) is -0.271. The van der Waals surface area contributed by atoms with E-state index in [4.69, 9.17) is 4.74 Å². The minimum absolute atomic E-state index is 0.0219. The molecule has 6 rings (SSSR count). The Bertz CT molecular complexity index is 1520. The third kappa shape index (κ3) is 6.03. The largest absolute Gasteiger partial charge is 0.444 e. The van der Waals surface area contributed by atoms with Crippen molar-refractivity contribution in [3.63, 3.8) is 0 Å². The smallest absolute Gasteiger partial charge is 0.433 e. The van der Waals surface area contributed by atoms with Gasteiger partial charge < -0.3 is 9.64 Å². The molecular weight excluding hydrogens is 625 g/mol. The van der Waals surface area contributed by atoms with Gasteiger partial charge in [-0.2, -0.15) is 13.2 Å². The van der Waals surface area contributed by atoms with Gasteiger partial charge in [0.05, 0.1) is 5.56 Å². The van der Waals surface area contributed by atoms with Gasteiger partial charge in [0, 0.05) is 44.2 Å². The number of anilines is 1. The van der Waals surface area contributed by atoms with Crippen LogP contribution in [0.3, 0.4) is 0 Å². The predicted molar refractivity (Wildman–Crippen MR) is 164 cm³/mol. The number of ether oxygens (including phenoxy) is 1. The van der Waals surface area contributed by atoms with E-state index in [1.165, 1.54) is 6.07 Å². The molecule has 1 spiro atoms. The lowest BCUT2D eigenvalue weighted by Crippen LogP contribution is -2.56. The van der Waals surface area contributed by atoms with Crippen LogP contribution in [0, 0.1) is 5.41 Å². The lowest BCUT2D eigenvalue weighted by Gasteiger charge is -2.44. The van der Waals surface area contributed by atoms with Crippen LogP contribution in [0.2, 0.25) is 0 Å². The van der Waals surface area contributed by atoms with Gasteiger partial charge in [-0.15, -0.1) is 0 Å². The molecule has 2 aromatic heterocycles. The Hall–Kier alpha value is -3.46. The van der Waals surface area contributed by atoms with E-state index in [0.29, 0.717) is 52.0 Å². The molecule has 0 atom stereocenters. The van der Waals surface area contributed by atoms with E-state index in [1.54, 1.807) is 35.7 Å². The first kappa shape index (κ1) is 32.5. The van der Waals surface area contributed by atoms with E-state index >= 15 is 0 Å². The normalized spacial score (nSPS) is 21.6. The Morgan fingerprint density at radius 3 is 2.22 bits per heavy atom. The molecule has 0 saturated carbocycles. The Morgan fingerprint density at radius 1 is 0.957 bits per heavy atom. The van der Waals surface area contributed by atoms with Crippen molar-refractivity contribution in [2.24, 2.45) is 5.41 Å². The first-order chi connectivity index (χ1) is 21.7. The molecule has 6 heterocycles. The number of hydrogen-bond donors (Lipinski definition) is 1. The molecule has 0 unspecified atom stereocenters. The highest BCUT2D eigenvalue weighted by Gasteiger charge is 2.60. The lowest BCUT2D eigenvalue weighted by atomic mass is 9.78. The summed E-state index contributed by atoms with van der Waals surface area (Å²) in [5.74, 6) is -0.601. The molecule has 0 aliphatic carbocycles. The number of pyridine rings is 1. The second kappa shape index (κ2) is 12.0. The highest BCUT2D eigenvalue weighted by Crippen LogP contribution is 2.43. The number of amides is 4. The third-order valence-corrected chi connectivity index (χ3v) is 10.3. The summed E-state index contributed by atoms with van der Waals surface area (Å²) in [7, 11) is 0. The van der Waals surface area contributed by atoms with Crippen molar-refractivity contribution < 1.29 is 37.1 Å². The van der Waals surface area contributed by atoms with Gasteiger partial charge in [0.15, 0.2) is 0 Å². The number of carbonyl (C=O) groups excluding carboxylic acids is 4. The molecular formula is C31H39F3N6O5S. The zero-order valence-corrected chi connectivity index (χ0v) is 27.1. The Balaban J connectivity index is 1.19. The number of piperidine rings is 2. The number of likely N-dealkylation sites (tertiary alicyclic amines) is 2. The Labute approximate surface area is 269 Å². The van der Waals surface area contributed by atoms with Gasteiger partial charge in [0.25, 0.3) is 17.7 Å². The zero-order valence-electron chi connectivity index (χ0n) is 26.2. The van der Waals surface area contributed by atoms with E-state index in [2.05, 4.69) is 15.2 Å². The van der Waals surface area contributed by atoms with Crippen LogP contribution >= 0.6 is 11.3 Å². The molecule has 1 N–H and O–H groups in total. The molecule has 250 valence electrons. The number of nitrogens with one attached hydrogen (secondary N) is 1. The van der Waals surface area contributed by atoms with Crippen LogP contribution in [-0.4, -0.2) is 99.5 Å². The van der Waals surface area contributed by atoms with E-state index < -0.39 is 34.9 Å². The number of aromatic nitrogens is 1. The van der Waals surface area contributed by atoms with E-state index in [0.717, 1.165) is 49.6 Å². The summed E-state index contributed by atoms with van der Waals surface area (Å²) in [5.41, 5.74) is -2.90. The molecule has 2 aromatic rings. The molecule has 0 radical (unpaired) electrons. The van der Waals surface area contributed by atoms with Crippen LogP contribution in [0.1, 0.15) is 81.8 Å². The van der Waals surface area contributed by atoms with Crippen molar-refractivity contribution in [1.29, 1.82) is 0 Å². The molecule has 4 aliphatic heterocycles. The maximum atomic E-state index is 14.0. The van der Waals surface area contributed by atoms with Crippen molar-refractivity contribution in [2.45, 2.75) is 83.5 Å². The van der Waals surface area contributed by atoms with Crippen LogP contribution < -0.4 is 5.32 Å². The molecule has 0 bridgehead atoms. The van der Waals surface area contributed by atoms with E-state index in [9.17, 15) is 32.3 Å². The first-order valence-corrected chi connectivity index (χ1v) is 16.7. The highest BCUT2D eigenvalue weighted by atomic mass is 32.1. The third-order valence-electron chi connectivity index (χ3n) is 9.28. The van der Waals surface area contributed by atoms with Crippen molar-refractivity contribution >= 4 is 50.4 Å². The minimum atomic E-state index is -4.67. The number of hydrazine groups is 1. The standard InChI is InChI=1S/C31H39F3N6O5S/c1-29(2,3)45-28(44)36-24-22(20-8-9-21(31(32,33)34)35-23(20)46-24)25(41)37-16-10-19(11-17-37)38-13-7-12-30(18-38)26(42)39-14-5-4-6-15-40(39)27(30)43/h8-9,19H,4-7,10-18H2,1-3H3,(H,36,44). The van der Waals surface area contributed by atoms with Crippen LogP contribution in [0.25, 0.3) is 10.2 Å². The Kier molecular flexibility index (Phi) is 8.45. The fraction of sp³-hybridized carbons (Fsp3) is 0.645. The fourth-order valence-electron chi connectivity index (χ4n) is 7.12. The number of fused-ring (bicyclic) bond motifs is 2. The molecule has 4 amide bonds. The summed E-state index contributed by atoms with van der Waals surface area (Å²) >= 11 is 0.794. The number of rotatable bonds is 3. The molecule has 15 heteroatoms. The molecule has 4 saturated heterocycles. The van der Waals surface area contributed by atoms with Gasteiger partial charge in [0.1, 0.15) is 26.5 Å². The summed E-state index contributed by atoms with van der Waals surface area (Å²) < 4.78 is 45.6. The predicted octanol–water partition coefficient (Wildman–Crippen LogP) is 5.12. The van der Waals surface area contributed by atoms with Gasteiger partial charge in [-0.1, -0.05) is 11.3 Å². The summed E-state index contributed by atoms with van der Waals surface area (Å²) in [4.78, 5) is 61.5. The van der Waals surface area contributed by atoms with Crippen molar-refractivity contribution in [3.05, 3.63) is 23.4 Å². The van der Waals surface area contributed by atoms with Crippen molar-refractivity contribution in [1.82, 2.24) is 24.8 Å². The maximum Gasteiger partial charge on any atom is 0.433 e. The van der Waals surface area contributed by atoms with Gasteiger partial charge in [-0.25, -0.2) is 9.78 Å². The number of nitrogens with zero attached hydrogens (tertiary/aromatic N) is 5. The number of thiophene rings is 1. The van der Waals surface area contributed by atoms with Crippen LogP contribution in [0.5, 0.6) is 0 Å². The quantitative estimate of drug-likeness (QED) is 0.453. The van der Waals surface area contributed by atoms with Crippen LogP contribution in [-0.2, 0) is 20.5 Å². The zero-order chi connectivity index (χ0) is 33.0. The maximum absolute atomic E-state index is 14.0. The minimum Gasteiger partial charge on any atom is -0.444 e. The molecule has 46 heavy (non-hydrogen) atoms. The van der Waals surface area contributed by atoms with Crippen molar-refractivity contribution in [3.8, 4) is 0 Å². The number of carbonyl (C=O) groups is 4. The molecule has 4 fully saturated rings. The number of alkyl halides is 3. The van der Waals surface area contributed by atoms with Gasteiger partial charge in [-0.3, -0.25) is 34.6 Å². The number of hydrogen-bond acceptors (Lipinski definition) is 8. The van der Waals surface area contributed by atoms with Gasteiger partial charge >= 0.3 is 12.3 Å². The summed E-state index contributed by atoms with van der Waals surface area (Å²) in [6.45, 7) is 8.03. The lowest BCUT2D eigenvalue weighted by molar-refractivity contribution is -0.145. The molecule has 11 nitrogen and oxygen atoms in total. The molecule has 4 aliphatic rings. The average molecular weight is 665 g/mol. The van der Waals surface area contributed by atoms with Crippen LogP contribution in [0.4, 0.5) is 23.0 Å². The first-order valence-electron chi connectivity index (χ1n) is 15.9. The summed E-state index contributed by atoms with van der Waals surface area (Å²) in [5, 5.41) is 6.19. The Morgan fingerprint density at radius 2 is 1.61 bits per heavy atom. The van der Waals surface area contributed by atoms with Gasteiger partial charge in [-0.05, 0) is 84.4 Å². The fourth-order valence-corrected chi connectivity index (χ4v) is 8.18. The summed E-state index contributed by atoms with van der Waals surface area (Å²) in [6, 6.07) is 2.11. The monoisotopic (exact) mass is 664 g/mol. The van der Waals surface area contributed by atoms with E-state index in [-0.39, 0.29) is 38.6 Å². The number of halogens is 3. The molecule has 0 aromatic carbocycles. The average Bonchev–Trinajstić information content (AvgIpc) is 3.27.